The van der Waals surface area contributed by atoms with Crippen LogP contribution < -0.4 is 0 Å². The van der Waals surface area contributed by atoms with Gasteiger partial charge in [0.1, 0.15) is 5.84 Å². The van der Waals surface area contributed by atoms with Crippen LogP contribution in [-0.4, -0.2) is 30.4 Å². The summed E-state index contributed by atoms with van der Waals surface area (Å²) < 4.78 is 42.4. The second-order valence-corrected chi connectivity index (χ2v) is 10.0. The molecule has 1 aliphatic heterocycles. The van der Waals surface area contributed by atoms with Gasteiger partial charge in [0.15, 0.2) is 0 Å². The summed E-state index contributed by atoms with van der Waals surface area (Å²) in [6.45, 7) is 15.9. The molecule has 1 aliphatic rings. The van der Waals surface area contributed by atoms with Crippen LogP contribution in [0.1, 0.15) is 76.5 Å². The lowest BCUT2D eigenvalue weighted by molar-refractivity contribution is -0.139. The zero-order chi connectivity index (χ0) is 26.7. The molecule has 0 atom stereocenters. The van der Waals surface area contributed by atoms with Gasteiger partial charge >= 0.3 is 6.18 Å². The molecule has 2 aromatic carbocycles. The van der Waals surface area contributed by atoms with Crippen LogP contribution >= 0.6 is 11.8 Å². The summed E-state index contributed by atoms with van der Waals surface area (Å²) in [5.41, 5.74) is 1.95. The Bertz CT molecular complexity index is 1050. The maximum absolute atomic E-state index is 14.1. The van der Waals surface area contributed by atoms with Crippen molar-refractivity contribution in [1.82, 2.24) is 4.90 Å². The number of nitrogens with zero attached hydrogens (tertiary/aromatic N) is 2. The van der Waals surface area contributed by atoms with Crippen LogP contribution in [-0.2, 0) is 6.18 Å². The summed E-state index contributed by atoms with van der Waals surface area (Å²) in [5.74, 6) is 1.11. The lowest BCUT2D eigenvalue weighted by Gasteiger charge is -2.20. The fourth-order valence-corrected chi connectivity index (χ4v) is 5.33. The second kappa shape index (κ2) is 14.3. The van der Waals surface area contributed by atoms with E-state index in [1.807, 2.05) is 57.2 Å². The van der Waals surface area contributed by atoms with E-state index in [0.717, 1.165) is 47.8 Å². The van der Waals surface area contributed by atoms with E-state index in [9.17, 15) is 13.2 Å². The predicted octanol–water partition coefficient (Wildman–Crippen LogP) is 9.48. The average molecular weight is 517 g/mol. The minimum absolute atomic E-state index is 0.233. The first-order valence-electron chi connectivity index (χ1n) is 12.7. The lowest BCUT2D eigenvalue weighted by Crippen LogP contribution is -2.26. The monoisotopic (exact) mass is 516 g/mol. The Morgan fingerprint density at radius 2 is 1.72 bits per heavy atom. The second-order valence-electron chi connectivity index (χ2n) is 8.96. The molecule has 0 N–H and O–H groups in total. The molecule has 2 nitrogen and oxygen atoms in total. The number of aliphatic imine (C=N–C) groups is 1. The molecule has 6 heteroatoms. The maximum Gasteiger partial charge on any atom is 0.417 e. The molecular weight excluding hydrogens is 477 g/mol. The molecule has 36 heavy (non-hydrogen) atoms. The minimum atomic E-state index is -4.43. The first kappa shape index (κ1) is 29.8. The zero-order valence-electron chi connectivity index (χ0n) is 22.2. The number of rotatable bonds is 7. The molecule has 0 radical (unpaired) electrons. The molecular formula is C30H39F3N2S. The number of amidine groups is 1. The number of hydrogen-bond donors (Lipinski definition) is 0. The van der Waals surface area contributed by atoms with Crippen molar-refractivity contribution in [2.24, 2.45) is 4.99 Å². The largest absolute Gasteiger partial charge is 0.417 e. The quantitative estimate of drug-likeness (QED) is 0.207. The van der Waals surface area contributed by atoms with Gasteiger partial charge in [-0.1, -0.05) is 62.9 Å². The van der Waals surface area contributed by atoms with Gasteiger partial charge in [-0.25, -0.2) is 0 Å². The van der Waals surface area contributed by atoms with Gasteiger partial charge in [0.25, 0.3) is 0 Å². The highest BCUT2D eigenvalue weighted by Gasteiger charge is 2.34. The molecule has 1 fully saturated rings. The first-order valence-corrected chi connectivity index (χ1v) is 13.5. The summed E-state index contributed by atoms with van der Waals surface area (Å²) >= 11 is 1.20. The van der Waals surface area contributed by atoms with Gasteiger partial charge in [-0.2, -0.15) is 13.2 Å². The topological polar surface area (TPSA) is 15.6 Å². The van der Waals surface area contributed by atoms with Gasteiger partial charge in [-0.15, -0.1) is 6.58 Å². The Balaban J connectivity index is 0.00000145. The Labute approximate surface area is 219 Å². The van der Waals surface area contributed by atoms with Crippen molar-refractivity contribution in [2.45, 2.75) is 75.8 Å². The Morgan fingerprint density at radius 3 is 2.28 bits per heavy atom. The third-order valence-electron chi connectivity index (χ3n) is 5.85. The van der Waals surface area contributed by atoms with Crippen LogP contribution in [0.3, 0.4) is 0 Å². The van der Waals surface area contributed by atoms with Crippen LogP contribution in [0.15, 0.2) is 76.0 Å². The van der Waals surface area contributed by atoms with Crippen LogP contribution in [0.2, 0.25) is 0 Å². The molecule has 0 saturated carbocycles. The van der Waals surface area contributed by atoms with E-state index in [1.54, 1.807) is 12.1 Å². The molecule has 0 aliphatic carbocycles. The van der Waals surface area contributed by atoms with Crippen molar-refractivity contribution in [3.63, 3.8) is 0 Å². The van der Waals surface area contributed by atoms with Gasteiger partial charge in [-0.3, -0.25) is 4.99 Å². The van der Waals surface area contributed by atoms with Crippen LogP contribution in [0, 0.1) is 0 Å². The number of benzene rings is 2. The molecule has 0 bridgehead atoms. The van der Waals surface area contributed by atoms with Gasteiger partial charge in [-0.05, 0) is 80.0 Å². The molecule has 1 saturated heterocycles. The summed E-state index contributed by atoms with van der Waals surface area (Å²) in [4.78, 5) is 7.96. The van der Waals surface area contributed by atoms with E-state index in [-0.39, 0.29) is 10.8 Å². The van der Waals surface area contributed by atoms with Gasteiger partial charge in [0.05, 0.1) is 5.56 Å². The van der Waals surface area contributed by atoms with E-state index < -0.39 is 11.7 Å². The van der Waals surface area contributed by atoms with E-state index >= 15 is 0 Å². The minimum Gasteiger partial charge on any atom is -0.357 e. The highest BCUT2D eigenvalue weighted by Crippen LogP contribution is 2.42. The number of hydrogen-bond acceptors (Lipinski definition) is 2. The lowest BCUT2D eigenvalue weighted by atomic mass is 10.00. The number of alkyl halides is 3. The summed E-state index contributed by atoms with van der Waals surface area (Å²) in [6, 6.07) is 12.4. The zero-order valence-corrected chi connectivity index (χ0v) is 23.0. The van der Waals surface area contributed by atoms with Crippen molar-refractivity contribution < 1.29 is 13.2 Å². The molecule has 0 amide bonds. The van der Waals surface area contributed by atoms with Gasteiger partial charge < -0.3 is 4.90 Å². The van der Waals surface area contributed by atoms with Crippen LogP contribution in [0.4, 0.5) is 13.2 Å². The summed E-state index contributed by atoms with van der Waals surface area (Å²) in [6.07, 6.45) is 2.18. The fourth-order valence-electron chi connectivity index (χ4n) is 4.10. The molecule has 0 unspecified atom stereocenters. The van der Waals surface area contributed by atoms with E-state index in [4.69, 9.17) is 0 Å². The highest BCUT2D eigenvalue weighted by molar-refractivity contribution is 7.99. The number of halogens is 3. The summed E-state index contributed by atoms with van der Waals surface area (Å²) in [7, 11) is 0. The number of likely N-dealkylation sites (tertiary alicyclic amines) is 1. The highest BCUT2D eigenvalue weighted by atomic mass is 32.2. The molecule has 3 rings (SSSR count). The Kier molecular flexibility index (Phi) is 11.8. The number of allylic oxidation sites excluding steroid dienone is 2. The van der Waals surface area contributed by atoms with E-state index in [1.165, 1.54) is 17.8 Å². The molecule has 1 heterocycles. The standard InChI is InChI=1S/C27H33F3N2S.C3H6/c1-5-20(18-26(31-6-2)32-15-9-10-16-32)21-13-14-25(23(17-21)27(28,29)30)33-24-12-8-7-11-22(24)19(3)4;1-3-2/h7-8,11-14,17-19H,5-6,9-10,15-16H2,1-4H3;3H,1H2,2H3/b20-18+,31-26?;. The third-order valence-corrected chi connectivity index (χ3v) is 7.02. The third kappa shape index (κ3) is 8.29. The first-order chi connectivity index (χ1) is 17.2. The summed E-state index contributed by atoms with van der Waals surface area (Å²) in [5, 5.41) is 0. The molecule has 0 spiro atoms. The molecule has 2 aromatic rings. The van der Waals surface area contributed by atoms with Crippen molar-refractivity contribution in [1.29, 1.82) is 0 Å². The van der Waals surface area contributed by atoms with Gasteiger partial charge in [0.2, 0.25) is 0 Å². The molecule has 0 aromatic heterocycles. The SMILES string of the molecule is C=CC.CCN=C(/C=C(\CC)c1ccc(Sc2ccccc2C(C)C)c(C(F)(F)F)c1)N1CCCC1. The van der Waals surface area contributed by atoms with Crippen molar-refractivity contribution >= 4 is 23.2 Å². The Hall–Kier alpha value is -2.47. The van der Waals surface area contributed by atoms with Crippen LogP contribution in [0.25, 0.3) is 5.57 Å². The Morgan fingerprint density at radius 1 is 1.08 bits per heavy atom. The fraction of sp³-hybridized carbons (Fsp3) is 0.433. The van der Waals surface area contributed by atoms with Crippen molar-refractivity contribution in [3.05, 3.63) is 77.9 Å². The van der Waals surface area contributed by atoms with Crippen molar-refractivity contribution in [3.8, 4) is 0 Å². The average Bonchev–Trinajstić information content (AvgIpc) is 3.37. The van der Waals surface area contributed by atoms with Crippen molar-refractivity contribution in [2.75, 3.05) is 19.6 Å². The normalized spacial score (nSPS) is 14.6. The molecule has 196 valence electrons. The van der Waals surface area contributed by atoms with Gasteiger partial charge in [0, 0.05) is 29.4 Å². The van der Waals surface area contributed by atoms with E-state index in [2.05, 4.69) is 30.3 Å². The van der Waals surface area contributed by atoms with E-state index in [0.29, 0.717) is 18.5 Å². The predicted molar refractivity (Wildman–Crippen MR) is 149 cm³/mol. The smallest absolute Gasteiger partial charge is 0.357 e. The maximum atomic E-state index is 14.1. The van der Waals surface area contributed by atoms with Crippen LogP contribution in [0.5, 0.6) is 0 Å².